The molecular formula is C11H10F13LiO3S. The topological polar surface area (TPSA) is 57.2 Å². The van der Waals surface area contributed by atoms with Gasteiger partial charge >= 0.3 is 53.7 Å². The zero-order valence-corrected chi connectivity index (χ0v) is 15.1. The molecule has 0 heterocycles. The summed E-state index contributed by atoms with van der Waals surface area (Å²) in [4.78, 5) is 0. The molecule has 0 spiro atoms. The Labute approximate surface area is 166 Å². The van der Waals surface area contributed by atoms with Gasteiger partial charge in [0, 0.05) is 0 Å². The van der Waals surface area contributed by atoms with Crippen LogP contribution in [0.15, 0.2) is 0 Å². The Balaban J connectivity index is 0. The molecule has 0 rings (SSSR count). The summed E-state index contributed by atoms with van der Waals surface area (Å²) in [6.45, 7) is 1.18. The molecule has 0 fully saturated rings. The molecule has 0 aromatic carbocycles. The van der Waals surface area contributed by atoms with Crippen LogP contribution in [0.25, 0.3) is 0 Å². The third-order valence-corrected chi connectivity index (χ3v) is 4.37. The van der Waals surface area contributed by atoms with Crippen molar-refractivity contribution < 1.29 is 88.9 Å². The van der Waals surface area contributed by atoms with Crippen molar-refractivity contribution in [3.8, 4) is 0 Å². The first-order valence-electron chi connectivity index (χ1n) is 6.84. The van der Waals surface area contributed by atoms with E-state index in [1.165, 1.54) is 6.92 Å². The van der Waals surface area contributed by atoms with Crippen LogP contribution in [-0.2, 0) is 10.1 Å². The van der Waals surface area contributed by atoms with E-state index in [1.54, 1.807) is 0 Å². The van der Waals surface area contributed by atoms with Gasteiger partial charge in [0.1, 0.15) is 0 Å². The van der Waals surface area contributed by atoms with Gasteiger partial charge in [-0.15, -0.1) is 0 Å². The van der Waals surface area contributed by atoms with Crippen LogP contribution in [0, 0.1) is 0 Å². The van der Waals surface area contributed by atoms with E-state index in [4.69, 9.17) is 0 Å². The second kappa shape index (κ2) is 8.62. The molecule has 0 aliphatic carbocycles. The van der Waals surface area contributed by atoms with Gasteiger partial charge in [-0.25, -0.2) is 12.8 Å². The molecule has 0 aromatic rings. The molecule has 0 aliphatic rings. The SMILES string of the molecule is CCCCC(F)C(F)(F)C(F)(F)C(F)(F)C(F)(F)C(F)(F)C(F)(F)S(=O)(=O)[O-].[Li+]. The van der Waals surface area contributed by atoms with E-state index in [1.807, 2.05) is 0 Å². The summed E-state index contributed by atoms with van der Waals surface area (Å²) in [5, 5.41) is -7.62. The van der Waals surface area contributed by atoms with E-state index in [9.17, 15) is 70.0 Å². The van der Waals surface area contributed by atoms with Crippen LogP contribution >= 0.6 is 0 Å². The normalized spacial score (nSPS) is 16.4. The van der Waals surface area contributed by atoms with Crippen LogP contribution in [0.5, 0.6) is 0 Å². The second-order valence-corrected chi connectivity index (χ2v) is 6.92. The summed E-state index contributed by atoms with van der Waals surface area (Å²) in [7, 11) is -7.87. The van der Waals surface area contributed by atoms with Crippen LogP contribution in [0.4, 0.5) is 57.1 Å². The molecule has 0 saturated carbocycles. The van der Waals surface area contributed by atoms with Crippen LogP contribution in [0.2, 0.25) is 0 Å². The van der Waals surface area contributed by atoms with Gasteiger partial charge in [0.05, 0.1) is 0 Å². The number of alkyl halides is 13. The molecule has 0 saturated heterocycles. The van der Waals surface area contributed by atoms with Gasteiger partial charge in [-0.1, -0.05) is 19.8 Å². The number of hydrogen-bond acceptors (Lipinski definition) is 3. The molecule has 1 unspecified atom stereocenters. The molecular weight excluding hydrogens is 466 g/mol. The zero-order valence-electron chi connectivity index (χ0n) is 14.2. The van der Waals surface area contributed by atoms with Gasteiger partial charge in [-0.05, 0) is 6.42 Å². The summed E-state index contributed by atoms with van der Waals surface area (Å²) in [5.74, 6) is -38.9. The predicted molar refractivity (Wildman–Crippen MR) is 63.8 cm³/mol. The molecule has 0 aromatic heterocycles. The van der Waals surface area contributed by atoms with Gasteiger partial charge in [0.15, 0.2) is 16.3 Å². The minimum atomic E-state index is -8.24. The van der Waals surface area contributed by atoms with Crippen molar-refractivity contribution in [2.24, 2.45) is 0 Å². The van der Waals surface area contributed by atoms with Crippen LogP contribution in [0.1, 0.15) is 26.2 Å². The Kier molecular flexibility index (Phi) is 9.15. The van der Waals surface area contributed by atoms with Gasteiger partial charge in [0.2, 0.25) is 0 Å². The van der Waals surface area contributed by atoms with Gasteiger partial charge in [0.25, 0.3) is 0 Å². The second-order valence-electron chi connectivity index (χ2n) is 5.50. The fourth-order valence-electron chi connectivity index (χ4n) is 1.70. The Morgan fingerprint density at radius 3 is 1.41 bits per heavy atom. The third kappa shape index (κ3) is 4.47. The number of rotatable bonds is 10. The van der Waals surface area contributed by atoms with Gasteiger partial charge < -0.3 is 4.55 Å². The molecule has 0 bridgehead atoms. The molecule has 1 atom stereocenters. The molecule has 0 radical (unpaired) electrons. The summed E-state index contributed by atoms with van der Waals surface area (Å²) in [6.07, 6.45) is -6.76. The minimum absolute atomic E-state index is 0. The first kappa shape index (κ1) is 30.8. The maximum Gasteiger partial charge on any atom is 1.00 e. The fraction of sp³-hybridized carbons (Fsp3) is 1.00. The van der Waals surface area contributed by atoms with Crippen molar-refractivity contribution in [2.45, 2.75) is 67.2 Å². The van der Waals surface area contributed by atoms with Crippen molar-refractivity contribution in [1.29, 1.82) is 0 Å². The van der Waals surface area contributed by atoms with Crippen molar-refractivity contribution in [3.63, 3.8) is 0 Å². The van der Waals surface area contributed by atoms with Gasteiger partial charge in [-0.3, -0.25) is 0 Å². The largest absolute Gasteiger partial charge is 1.00 e. The Hall–Kier alpha value is -0.403. The van der Waals surface area contributed by atoms with E-state index in [2.05, 4.69) is 0 Å². The Morgan fingerprint density at radius 1 is 0.759 bits per heavy atom. The van der Waals surface area contributed by atoms with Gasteiger partial charge in [-0.2, -0.15) is 52.7 Å². The summed E-state index contributed by atoms with van der Waals surface area (Å²) >= 11 is 0. The van der Waals surface area contributed by atoms with Crippen molar-refractivity contribution >= 4 is 10.1 Å². The first-order valence-corrected chi connectivity index (χ1v) is 8.25. The number of halogens is 13. The maximum absolute atomic E-state index is 13.3. The third-order valence-electron chi connectivity index (χ3n) is 3.49. The van der Waals surface area contributed by atoms with E-state index in [0.717, 1.165) is 0 Å². The predicted octanol–water partition coefficient (Wildman–Crippen LogP) is 1.83. The van der Waals surface area contributed by atoms with Crippen molar-refractivity contribution in [2.75, 3.05) is 0 Å². The monoisotopic (exact) mass is 476 g/mol. The molecule has 0 aliphatic heterocycles. The molecule has 0 amide bonds. The molecule has 29 heavy (non-hydrogen) atoms. The summed E-state index contributed by atoms with van der Waals surface area (Å²) in [6, 6.07) is 0. The van der Waals surface area contributed by atoms with Crippen LogP contribution in [-0.4, -0.2) is 54.0 Å². The number of hydrogen-bond donors (Lipinski definition) is 0. The first-order chi connectivity index (χ1) is 12.0. The van der Waals surface area contributed by atoms with Crippen LogP contribution in [0.3, 0.4) is 0 Å². The smallest absolute Gasteiger partial charge is 0.743 e. The molecule has 18 heteroatoms. The number of unbranched alkanes of at least 4 members (excludes halogenated alkanes) is 1. The Bertz CT molecular complexity index is 665. The summed E-state index contributed by atoms with van der Waals surface area (Å²) in [5.41, 5.74) is 0. The average Bonchev–Trinajstić information content (AvgIpc) is 2.50. The molecule has 170 valence electrons. The van der Waals surface area contributed by atoms with E-state index >= 15 is 0 Å². The molecule has 3 nitrogen and oxygen atoms in total. The summed E-state index contributed by atoms with van der Waals surface area (Å²) < 4.78 is 201. The molecule has 0 N–H and O–H groups in total. The van der Waals surface area contributed by atoms with Crippen LogP contribution < -0.4 is 18.9 Å². The maximum atomic E-state index is 13.3. The Morgan fingerprint density at radius 2 is 1.10 bits per heavy atom. The zero-order chi connectivity index (χ0) is 23.2. The quantitative estimate of drug-likeness (QED) is 0.275. The van der Waals surface area contributed by atoms with E-state index < -0.39 is 64.0 Å². The van der Waals surface area contributed by atoms with E-state index in [0.29, 0.717) is 0 Å². The minimum Gasteiger partial charge on any atom is -0.743 e. The standard InChI is InChI=1S/C11H11F13O3S.Li/c1-2-3-4-5(12)6(13,14)7(15,16)8(17,18)9(19,20)10(21,22)11(23,24)28(25,26)27;/h5H,2-4H2,1H3,(H,25,26,27);/q;+1/p-1. The van der Waals surface area contributed by atoms with Crippen molar-refractivity contribution in [3.05, 3.63) is 0 Å². The van der Waals surface area contributed by atoms with Crippen molar-refractivity contribution in [1.82, 2.24) is 0 Å². The van der Waals surface area contributed by atoms with E-state index in [-0.39, 0.29) is 25.3 Å². The average molecular weight is 476 g/mol. The fourth-order valence-corrected chi connectivity index (χ4v) is 2.15.